The lowest BCUT2D eigenvalue weighted by Crippen LogP contribution is -2.46. The molecule has 3 unspecified atom stereocenters. The first kappa shape index (κ1) is 57.6. The zero-order valence-corrected chi connectivity index (χ0v) is 39.6. The van der Waals surface area contributed by atoms with Crippen LogP contribution in [0.4, 0.5) is 0 Å². The third kappa shape index (κ3) is 42.3. The zero-order valence-electron chi connectivity index (χ0n) is 39.6. The van der Waals surface area contributed by atoms with Crippen LogP contribution in [-0.2, 0) is 14.3 Å². The third-order valence-corrected chi connectivity index (χ3v) is 11.4. The van der Waals surface area contributed by atoms with E-state index >= 15 is 0 Å². The van der Waals surface area contributed by atoms with Crippen molar-refractivity contribution in [1.29, 1.82) is 0 Å². The Morgan fingerprint density at radius 1 is 0.517 bits per heavy atom. The van der Waals surface area contributed by atoms with Crippen molar-refractivity contribution in [3.8, 4) is 0 Å². The topological polar surface area (TPSA) is 95.9 Å². The summed E-state index contributed by atoms with van der Waals surface area (Å²) >= 11 is 0. The molecule has 0 aliphatic heterocycles. The van der Waals surface area contributed by atoms with E-state index in [4.69, 9.17) is 4.74 Å². The first-order valence-corrected chi connectivity index (χ1v) is 25.5. The van der Waals surface area contributed by atoms with Crippen LogP contribution in [0.2, 0.25) is 0 Å². The minimum Gasteiger partial charge on any atom is -0.462 e. The normalized spacial score (nSPS) is 13.8. The number of nitrogens with one attached hydrogen (secondary N) is 1. The fourth-order valence-corrected chi connectivity index (χ4v) is 7.52. The van der Waals surface area contributed by atoms with Gasteiger partial charge < -0.3 is 20.3 Å². The average Bonchev–Trinajstić information content (AvgIpc) is 3.24. The largest absolute Gasteiger partial charge is 0.462 e. The van der Waals surface area contributed by atoms with Gasteiger partial charge >= 0.3 is 5.97 Å². The Hall–Kier alpha value is -2.44. The van der Waals surface area contributed by atoms with Gasteiger partial charge in [0.2, 0.25) is 5.91 Å². The number of carbonyl (C=O) groups is 2. The number of hydrogen-bond acceptors (Lipinski definition) is 5. The molecule has 0 rings (SSSR count). The number of unbranched alkanes of at least 4 members (excludes halogenated alkanes) is 25. The first-order valence-electron chi connectivity index (χ1n) is 25.5. The van der Waals surface area contributed by atoms with Crippen molar-refractivity contribution in [1.82, 2.24) is 5.32 Å². The number of carbonyl (C=O) groups excluding carboxylic acids is 2. The molecule has 0 radical (unpaired) electrons. The molecule has 1 amide bonds. The number of rotatable bonds is 45. The smallest absolute Gasteiger partial charge is 0.306 e. The highest BCUT2D eigenvalue weighted by molar-refractivity contribution is 5.77. The highest BCUT2D eigenvalue weighted by Crippen LogP contribution is 2.17. The Morgan fingerprint density at radius 2 is 0.967 bits per heavy atom. The van der Waals surface area contributed by atoms with Crippen LogP contribution in [0.15, 0.2) is 60.8 Å². The van der Waals surface area contributed by atoms with Gasteiger partial charge in [0.25, 0.3) is 0 Å². The number of aliphatic hydroxyl groups excluding tert-OH is 2. The van der Waals surface area contributed by atoms with Crippen molar-refractivity contribution in [2.24, 2.45) is 0 Å². The first-order chi connectivity index (χ1) is 29.5. The number of esters is 1. The maximum absolute atomic E-state index is 13.2. The van der Waals surface area contributed by atoms with Gasteiger partial charge in [0.05, 0.1) is 25.2 Å². The molecule has 0 aromatic heterocycles. The predicted octanol–water partition coefficient (Wildman–Crippen LogP) is 15.2. The summed E-state index contributed by atoms with van der Waals surface area (Å²) < 4.78 is 5.91. The Balaban J connectivity index is 4.56. The fourth-order valence-electron chi connectivity index (χ4n) is 7.52. The summed E-state index contributed by atoms with van der Waals surface area (Å²) in [7, 11) is 0. The molecule has 0 aliphatic carbocycles. The van der Waals surface area contributed by atoms with Crippen molar-refractivity contribution in [3.05, 3.63) is 60.8 Å². The Kier molecular flexibility index (Phi) is 45.7. The fraction of sp³-hybridized carbons (Fsp3) is 0.778. The van der Waals surface area contributed by atoms with E-state index in [0.717, 1.165) is 83.5 Å². The minimum atomic E-state index is -0.799. The number of hydrogen-bond donors (Lipinski definition) is 3. The maximum atomic E-state index is 13.2. The molecule has 0 aromatic carbocycles. The third-order valence-electron chi connectivity index (χ3n) is 11.4. The molecule has 0 aliphatic rings. The Labute approximate surface area is 371 Å². The summed E-state index contributed by atoms with van der Waals surface area (Å²) in [6.45, 7) is 6.31. The van der Waals surface area contributed by atoms with E-state index < -0.39 is 18.2 Å². The van der Waals surface area contributed by atoms with Crippen molar-refractivity contribution >= 4 is 11.9 Å². The predicted molar refractivity (Wildman–Crippen MR) is 259 cm³/mol. The molecule has 0 spiro atoms. The second-order valence-electron chi connectivity index (χ2n) is 17.2. The summed E-state index contributed by atoms with van der Waals surface area (Å²) in [5.41, 5.74) is 0. The van der Waals surface area contributed by atoms with E-state index in [1.54, 1.807) is 0 Å². The molecule has 6 nitrogen and oxygen atoms in total. The molecule has 0 bridgehead atoms. The van der Waals surface area contributed by atoms with Gasteiger partial charge in [0, 0.05) is 6.42 Å². The van der Waals surface area contributed by atoms with E-state index in [1.165, 1.54) is 116 Å². The monoisotopic (exact) mass is 840 g/mol. The van der Waals surface area contributed by atoms with Crippen molar-refractivity contribution in [2.75, 3.05) is 6.61 Å². The van der Waals surface area contributed by atoms with Crippen LogP contribution in [0.25, 0.3) is 0 Å². The van der Waals surface area contributed by atoms with Crippen LogP contribution in [0.5, 0.6) is 0 Å². The average molecular weight is 840 g/mol. The summed E-state index contributed by atoms with van der Waals surface area (Å²) in [6, 6.07) is -0.715. The van der Waals surface area contributed by atoms with Gasteiger partial charge in [0.15, 0.2) is 0 Å². The van der Waals surface area contributed by atoms with E-state index in [2.05, 4.69) is 74.7 Å². The molecule has 0 saturated heterocycles. The molecular formula is C54H97NO5. The second-order valence-corrected chi connectivity index (χ2v) is 17.2. The molecule has 0 saturated carbocycles. The molecule has 0 heterocycles. The lowest BCUT2D eigenvalue weighted by molar-refractivity contribution is -0.151. The van der Waals surface area contributed by atoms with E-state index in [9.17, 15) is 19.8 Å². The molecule has 3 atom stereocenters. The van der Waals surface area contributed by atoms with Crippen molar-refractivity contribution in [3.63, 3.8) is 0 Å². The van der Waals surface area contributed by atoms with Gasteiger partial charge in [-0.1, -0.05) is 216 Å². The van der Waals surface area contributed by atoms with Gasteiger partial charge in [-0.05, 0) is 77.0 Å². The number of amides is 1. The van der Waals surface area contributed by atoms with Gasteiger partial charge in [-0.15, -0.1) is 0 Å². The highest BCUT2D eigenvalue weighted by atomic mass is 16.5. The van der Waals surface area contributed by atoms with Crippen LogP contribution in [0, 0.1) is 0 Å². The maximum Gasteiger partial charge on any atom is 0.306 e. The Bertz CT molecular complexity index is 1080. The van der Waals surface area contributed by atoms with Gasteiger partial charge in [0.1, 0.15) is 6.10 Å². The van der Waals surface area contributed by atoms with Gasteiger partial charge in [-0.25, -0.2) is 0 Å². The molecular weight excluding hydrogens is 743 g/mol. The standard InChI is InChI=1S/C54H97NO5/c1-4-7-10-13-16-19-22-24-25-26-27-29-32-35-38-41-44-47-54(59)60-50(45-42-39-36-33-30-21-18-15-12-9-6-3)48-53(58)55-51(49-56)52(57)46-43-40-37-34-31-28-23-20-17-14-11-8-5-2/h9,12,15-16,18-19,21,24-25,30,50-52,56-57H,4-8,10-11,13-14,17,20,22-23,26-29,31-49H2,1-3H3,(H,55,58)/b12-9+,18-15+,19-16-,25-24-,30-21-. The van der Waals surface area contributed by atoms with E-state index in [1.807, 2.05) is 12.2 Å². The van der Waals surface area contributed by atoms with Gasteiger partial charge in [-0.3, -0.25) is 9.59 Å². The number of ether oxygens (including phenoxy) is 1. The van der Waals surface area contributed by atoms with E-state index in [-0.39, 0.29) is 24.9 Å². The second kappa shape index (κ2) is 47.6. The van der Waals surface area contributed by atoms with Crippen LogP contribution in [-0.4, -0.2) is 46.9 Å². The zero-order chi connectivity index (χ0) is 43.8. The van der Waals surface area contributed by atoms with E-state index in [0.29, 0.717) is 19.3 Å². The van der Waals surface area contributed by atoms with Crippen LogP contribution < -0.4 is 5.32 Å². The highest BCUT2D eigenvalue weighted by Gasteiger charge is 2.24. The summed E-state index contributed by atoms with van der Waals surface area (Å²) in [4.78, 5) is 26.1. The number of aliphatic hydroxyl groups is 2. The van der Waals surface area contributed by atoms with Crippen molar-refractivity contribution in [2.45, 2.75) is 264 Å². The van der Waals surface area contributed by atoms with Crippen molar-refractivity contribution < 1.29 is 24.5 Å². The molecule has 3 N–H and O–H groups in total. The number of allylic oxidation sites excluding steroid dienone is 10. The van der Waals surface area contributed by atoms with Crippen LogP contribution >= 0.6 is 0 Å². The quantitative estimate of drug-likeness (QED) is 0.0246. The Morgan fingerprint density at radius 3 is 1.53 bits per heavy atom. The van der Waals surface area contributed by atoms with Gasteiger partial charge in [-0.2, -0.15) is 0 Å². The van der Waals surface area contributed by atoms with Crippen LogP contribution in [0.3, 0.4) is 0 Å². The summed E-state index contributed by atoms with van der Waals surface area (Å²) in [5, 5.41) is 23.7. The SMILES string of the molecule is CC/C=C/C=C/C=C\CCCCCC(CC(=O)NC(CO)C(O)CCCCCCCCCCCCCCC)OC(=O)CCCCCCCCC/C=C\C/C=C\CCCCC. The molecule has 0 fully saturated rings. The molecule has 60 heavy (non-hydrogen) atoms. The van der Waals surface area contributed by atoms with Crippen LogP contribution in [0.1, 0.15) is 245 Å². The molecule has 0 aromatic rings. The summed E-state index contributed by atoms with van der Waals surface area (Å²) in [6.07, 6.45) is 58.5. The lowest BCUT2D eigenvalue weighted by Gasteiger charge is -2.24. The summed E-state index contributed by atoms with van der Waals surface area (Å²) in [5.74, 6) is -0.517. The lowest BCUT2D eigenvalue weighted by atomic mass is 10.0. The minimum absolute atomic E-state index is 0.0502. The molecule has 348 valence electrons. The molecule has 6 heteroatoms.